The molecule has 0 fully saturated rings. The van der Waals surface area contributed by atoms with Crippen molar-refractivity contribution in [2.24, 2.45) is 7.05 Å². The quantitative estimate of drug-likeness (QED) is 0.734. The molecule has 0 saturated carbocycles. The minimum atomic E-state index is -0.137. The van der Waals surface area contributed by atoms with Gasteiger partial charge < -0.3 is 10.6 Å². The van der Waals surface area contributed by atoms with E-state index in [4.69, 9.17) is 0 Å². The number of aryl methyl sites for hydroxylation is 1. The molecule has 0 aliphatic carbocycles. The van der Waals surface area contributed by atoms with Crippen LogP contribution in [-0.4, -0.2) is 15.7 Å². The van der Waals surface area contributed by atoms with Gasteiger partial charge in [-0.25, -0.2) is 0 Å². The Morgan fingerprint density at radius 3 is 2.17 bits per heavy atom. The van der Waals surface area contributed by atoms with Gasteiger partial charge in [-0.05, 0) is 11.1 Å². The number of hydrogen-bond acceptors (Lipinski definition) is 3. The van der Waals surface area contributed by atoms with Crippen molar-refractivity contribution >= 4 is 11.7 Å². The van der Waals surface area contributed by atoms with E-state index in [-0.39, 0.29) is 5.91 Å². The molecule has 0 aliphatic heterocycles. The van der Waals surface area contributed by atoms with E-state index in [0.717, 1.165) is 11.1 Å². The maximum absolute atomic E-state index is 12.5. The summed E-state index contributed by atoms with van der Waals surface area (Å²) in [5.41, 5.74) is 2.76. The zero-order valence-corrected chi connectivity index (χ0v) is 13.6. The molecular weight excluding hydrogens is 300 g/mol. The van der Waals surface area contributed by atoms with Gasteiger partial charge in [0.2, 0.25) is 0 Å². The lowest BCUT2D eigenvalue weighted by Gasteiger charge is -2.10. The molecule has 3 rings (SSSR count). The van der Waals surface area contributed by atoms with Gasteiger partial charge in [-0.1, -0.05) is 60.7 Å². The summed E-state index contributed by atoms with van der Waals surface area (Å²) in [6, 6.07) is 19.9. The summed E-state index contributed by atoms with van der Waals surface area (Å²) in [5, 5.41) is 10.4. The third-order valence-electron chi connectivity index (χ3n) is 3.78. The van der Waals surface area contributed by atoms with Crippen molar-refractivity contribution in [2.75, 3.05) is 5.32 Å². The van der Waals surface area contributed by atoms with E-state index in [9.17, 15) is 4.79 Å². The summed E-state index contributed by atoms with van der Waals surface area (Å²) < 4.78 is 1.68. The fourth-order valence-electron chi connectivity index (χ4n) is 2.47. The van der Waals surface area contributed by atoms with Crippen molar-refractivity contribution in [2.45, 2.75) is 13.1 Å². The van der Waals surface area contributed by atoms with Crippen LogP contribution in [0.2, 0.25) is 0 Å². The molecule has 0 unspecified atom stereocenters. The molecule has 0 bridgehead atoms. The zero-order chi connectivity index (χ0) is 16.8. The molecule has 3 aromatic rings. The van der Waals surface area contributed by atoms with Crippen molar-refractivity contribution in [3.8, 4) is 0 Å². The summed E-state index contributed by atoms with van der Waals surface area (Å²) in [6.07, 6.45) is 1.59. The number of hydrogen-bond donors (Lipinski definition) is 2. The Hall–Kier alpha value is -3.08. The number of amides is 1. The van der Waals surface area contributed by atoms with E-state index in [1.54, 1.807) is 10.9 Å². The van der Waals surface area contributed by atoms with Gasteiger partial charge in [-0.15, -0.1) is 0 Å². The number of benzene rings is 2. The standard InChI is InChI=1S/C19H20N4O/c1-23-18(20-12-15-8-4-2-5-9-15)17(14-22-23)19(24)21-13-16-10-6-3-7-11-16/h2-11,14,20H,12-13H2,1H3,(H,21,24). The molecule has 1 amide bonds. The van der Waals surface area contributed by atoms with Crippen LogP contribution >= 0.6 is 0 Å². The zero-order valence-electron chi connectivity index (χ0n) is 13.6. The van der Waals surface area contributed by atoms with Crippen LogP contribution in [0.4, 0.5) is 5.82 Å². The molecule has 0 radical (unpaired) electrons. The van der Waals surface area contributed by atoms with Crippen molar-refractivity contribution < 1.29 is 4.79 Å². The molecular formula is C19H20N4O. The van der Waals surface area contributed by atoms with Gasteiger partial charge in [0.15, 0.2) is 0 Å². The maximum atomic E-state index is 12.5. The number of nitrogens with zero attached hydrogens (tertiary/aromatic N) is 2. The fraction of sp³-hybridized carbons (Fsp3) is 0.158. The Morgan fingerprint density at radius 1 is 0.958 bits per heavy atom. The number of carbonyl (C=O) groups excluding carboxylic acids is 1. The number of carbonyl (C=O) groups is 1. The highest BCUT2D eigenvalue weighted by molar-refractivity contribution is 5.98. The minimum absolute atomic E-state index is 0.137. The number of aromatic nitrogens is 2. The summed E-state index contributed by atoms with van der Waals surface area (Å²) in [5.74, 6) is 0.576. The van der Waals surface area contributed by atoms with E-state index in [2.05, 4.69) is 15.7 Å². The molecule has 0 spiro atoms. The summed E-state index contributed by atoms with van der Waals surface area (Å²) in [6.45, 7) is 1.13. The lowest BCUT2D eigenvalue weighted by molar-refractivity contribution is 0.0951. The molecule has 5 heteroatoms. The maximum Gasteiger partial charge on any atom is 0.256 e. The van der Waals surface area contributed by atoms with Gasteiger partial charge in [0.25, 0.3) is 5.91 Å². The predicted octanol–water partition coefficient (Wildman–Crippen LogP) is 2.96. The Morgan fingerprint density at radius 2 is 1.54 bits per heavy atom. The molecule has 122 valence electrons. The molecule has 1 aromatic heterocycles. The highest BCUT2D eigenvalue weighted by Crippen LogP contribution is 2.15. The van der Waals surface area contributed by atoms with E-state index >= 15 is 0 Å². The highest BCUT2D eigenvalue weighted by Gasteiger charge is 2.15. The smallest absolute Gasteiger partial charge is 0.256 e. The molecule has 24 heavy (non-hydrogen) atoms. The Bertz CT molecular complexity index is 797. The van der Waals surface area contributed by atoms with E-state index in [0.29, 0.717) is 24.5 Å². The first-order valence-electron chi connectivity index (χ1n) is 7.86. The van der Waals surface area contributed by atoms with E-state index in [1.807, 2.05) is 67.7 Å². The van der Waals surface area contributed by atoms with E-state index in [1.165, 1.54) is 0 Å². The van der Waals surface area contributed by atoms with Crippen molar-refractivity contribution in [3.63, 3.8) is 0 Å². The van der Waals surface area contributed by atoms with Gasteiger partial charge in [-0.2, -0.15) is 5.10 Å². The molecule has 2 aromatic carbocycles. The van der Waals surface area contributed by atoms with Crippen LogP contribution in [0, 0.1) is 0 Å². The lowest BCUT2D eigenvalue weighted by atomic mass is 10.2. The molecule has 5 nitrogen and oxygen atoms in total. The number of rotatable bonds is 6. The van der Waals surface area contributed by atoms with Crippen LogP contribution in [0.5, 0.6) is 0 Å². The molecule has 2 N–H and O–H groups in total. The highest BCUT2D eigenvalue weighted by atomic mass is 16.1. The average molecular weight is 320 g/mol. The van der Waals surface area contributed by atoms with Crippen LogP contribution in [0.15, 0.2) is 66.9 Å². The number of anilines is 1. The molecule has 1 heterocycles. The Labute approximate surface area is 141 Å². The van der Waals surface area contributed by atoms with Crippen LogP contribution < -0.4 is 10.6 Å². The van der Waals surface area contributed by atoms with Crippen LogP contribution in [0.25, 0.3) is 0 Å². The molecule has 0 aliphatic rings. The van der Waals surface area contributed by atoms with Gasteiger partial charge in [-0.3, -0.25) is 9.48 Å². The summed E-state index contributed by atoms with van der Waals surface area (Å²) >= 11 is 0. The van der Waals surface area contributed by atoms with Crippen LogP contribution in [-0.2, 0) is 20.1 Å². The van der Waals surface area contributed by atoms with Crippen molar-refractivity contribution in [1.29, 1.82) is 0 Å². The first kappa shape index (κ1) is 15.8. The largest absolute Gasteiger partial charge is 0.366 e. The second kappa shape index (κ2) is 7.46. The Balaban J connectivity index is 1.66. The predicted molar refractivity (Wildman–Crippen MR) is 94.6 cm³/mol. The normalized spacial score (nSPS) is 10.4. The van der Waals surface area contributed by atoms with Gasteiger partial charge in [0, 0.05) is 20.1 Å². The second-order valence-corrected chi connectivity index (χ2v) is 5.54. The third-order valence-corrected chi connectivity index (χ3v) is 3.78. The summed E-state index contributed by atoms with van der Waals surface area (Å²) in [7, 11) is 1.82. The average Bonchev–Trinajstić information content (AvgIpc) is 3.00. The monoisotopic (exact) mass is 320 g/mol. The number of nitrogens with one attached hydrogen (secondary N) is 2. The lowest BCUT2D eigenvalue weighted by Crippen LogP contribution is -2.23. The molecule has 0 saturated heterocycles. The minimum Gasteiger partial charge on any atom is -0.366 e. The first-order valence-corrected chi connectivity index (χ1v) is 7.86. The summed E-state index contributed by atoms with van der Waals surface area (Å²) in [4.78, 5) is 12.5. The second-order valence-electron chi connectivity index (χ2n) is 5.54. The van der Waals surface area contributed by atoms with Crippen molar-refractivity contribution in [1.82, 2.24) is 15.1 Å². The fourth-order valence-corrected chi connectivity index (χ4v) is 2.47. The third kappa shape index (κ3) is 3.81. The topological polar surface area (TPSA) is 59.0 Å². The van der Waals surface area contributed by atoms with Gasteiger partial charge >= 0.3 is 0 Å². The van der Waals surface area contributed by atoms with Gasteiger partial charge in [0.1, 0.15) is 11.4 Å². The first-order chi connectivity index (χ1) is 11.7. The molecule has 0 atom stereocenters. The van der Waals surface area contributed by atoms with Crippen LogP contribution in [0.3, 0.4) is 0 Å². The van der Waals surface area contributed by atoms with Gasteiger partial charge in [0.05, 0.1) is 6.20 Å². The Kier molecular flexibility index (Phi) is 4.91. The van der Waals surface area contributed by atoms with Crippen molar-refractivity contribution in [3.05, 3.63) is 83.6 Å². The van der Waals surface area contributed by atoms with E-state index < -0.39 is 0 Å². The SMILES string of the molecule is Cn1ncc(C(=O)NCc2ccccc2)c1NCc1ccccc1. The van der Waals surface area contributed by atoms with Crippen LogP contribution in [0.1, 0.15) is 21.5 Å².